The van der Waals surface area contributed by atoms with Gasteiger partial charge in [0.1, 0.15) is 5.54 Å². The molecule has 2 amide bonds. The van der Waals surface area contributed by atoms with Crippen molar-refractivity contribution in [3.8, 4) is 10.6 Å². The van der Waals surface area contributed by atoms with Crippen molar-refractivity contribution in [2.24, 2.45) is 5.73 Å². The fraction of sp³-hybridized carbons (Fsp3) is 0.286. The Bertz CT molecular complexity index is 992. The summed E-state index contributed by atoms with van der Waals surface area (Å²) in [5, 5.41) is 5.73. The molecule has 3 aromatic rings. The van der Waals surface area contributed by atoms with Gasteiger partial charge in [-0.1, -0.05) is 43.5 Å². The maximum absolute atomic E-state index is 13.2. The molecule has 1 fully saturated rings. The summed E-state index contributed by atoms with van der Waals surface area (Å²) in [7, 11) is 0. The van der Waals surface area contributed by atoms with E-state index in [1.807, 2.05) is 41.8 Å². The zero-order valence-electron chi connectivity index (χ0n) is 14.9. The van der Waals surface area contributed by atoms with Crippen molar-refractivity contribution in [3.05, 3.63) is 53.4 Å². The largest absolute Gasteiger partial charge is 0.368 e. The first-order valence-electron chi connectivity index (χ1n) is 9.15. The van der Waals surface area contributed by atoms with Crippen LogP contribution in [0.3, 0.4) is 0 Å². The molecular formula is C21H21N3O2S. The van der Waals surface area contributed by atoms with Crippen LogP contribution in [0.5, 0.6) is 0 Å². The summed E-state index contributed by atoms with van der Waals surface area (Å²) in [6, 6.07) is 13.3. The Balaban J connectivity index is 1.77. The first-order valence-corrected chi connectivity index (χ1v) is 10.0. The highest BCUT2D eigenvalue weighted by molar-refractivity contribution is 7.13. The van der Waals surface area contributed by atoms with Crippen LogP contribution in [0.15, 0.2) is 47.8 Å². The van der Waals surface area contributed by atoms with E-state index in [2.05, 4.69) is 5.32 Å². The lowest BCUT2D eigenvalue weighted by Gasteiger charge is -2.35. The van der Waals surface area contributed by atoms with Crippen LogP contribution in [-0.4, -0.2) is 22.3 Å². The normalized spacial score (nSPS) is 16.1. The lowest BCUT2D eigenvalue weighted by molar-refractivity contribution is -0.125. The summed E-state index contributed by atoms with van der Waals surface area (Å²) in [5.74, 6) is -0.723. The van der Waals surface area contributed by atoms with E-state index in [4.69, 9.17) is 10.7 Å². The second-order valence-electron chi connectivity index (χ2n) is 7.01. The van der Waals surface area contributed by atoms with Gasteiger partial charge in [-0.05, 0) is 36.4 Å². The highest BCUT2D eigenvalue weighted by atomic mass is 32.1. The number of nitrogens with one attached hydrogen (secondary N) is 1. The number of nitrogens with zero attached hydrogens (tertiary/aromatic N) is 1. The molecule has 1 aliphatic rings. The van der Waals surface area contributed by atoms with E-state index >= 15 is 0 Å². The van der Waals surface area contributed by atoms with Crippen molar-refractivity contribution >= 4 is 34.1 Å². The molecule has 1 saturated carbocycles. The molecule has 1 aliphatic carbocycles. The van der Waals surface area contributed by atoms with Crippen LogP contribution < -0.4 is 11.1 Å². The molecule has 5 nitrogen and oxygen atoms in total. The van der Waals surface area contributed by atoms with Crippen LogP contribution in [0.2, 0.25) is 0 Å². The minimum Gasteiger partial charge on any atom is -0.368 e. The summed E-state index contributed by atoms with van der Waals surface area (Å²) in [6.07, 6.45) is 4.02. The standard InChI is InChI=1S/C21H21N3O2S/c22-20(26)21(10-4-1-5-11-21)24-19(25)15-13-17(18-9-6-12-27-18)23-16-8-3-2-7-14(15)16/h2-3,6-9,12-13H,1,4-5,10-11H2,(H2,22,26)(H,24,25). The van der Waals surface area contributed by atoms with E-state index in [1.165, 1.54) is 0 Å². The Morgan fingerprint density at radius 1 is 1.07 bits per heavy atom. The van der Waals surface area contributed by atoms with Gasteiger partial charge in [0.05, 0.1) is 21.7 Å². The number of thiophene rings is 1. The zero-order valence-corrected chi connectivity index (χ0v) is 15.7. The Morgan fingerprint density at radius 3 is 2.56 bits per heavy atom. The highest BCUT2D eigenvalue weighted by Crippen LogP contribution is 2.31. The van der Waals surface area contributed by atoms with Crippen LogP contribution in [0.25, 0.3) is 21.5 Å². The van der Waals surface area contributed by atoms with Crippen LogP contribution in [0, 0.1) is 0 Å². The van der Waals surface area contributed by atoms with E-state index < -0.39 is 11.4 Å². The molecular weight excluding hydrogens is 358 g/mol. The summed E-state index contributed by atoms with van der Waals surface area (Å²) in [4.78, 5) is 31.1. The van der Waals surface area contributed by atoms with Crippen molar-refractivity contribution in [2.45, 2.75) is 37.6 Å². The molecule has 2 heterocycles. The molecule has 0 bridgehead atoms. The van der Waals surface area contributed by atoms with Crippen LogP contribution in [0.1, 0.15) is 42.5 Å². The lowest BCUT2D eigenvalue weighted by Crippen LogP contribution is -2.58. The third kappa shape index (κ3) is 3.32. The van der Waals surface area contributed by atoms with Crippen LogP contribution in [0.4, 0.5) is 0 Å². The molecule has 4 rings (SSSR count). The van der Waals surface area contributed by atoms with E-state index in [-0.39, 0.29) is 5.91 Å². The van der Waals surface area contributed by atoms with Gasteiger partial charge >= 0.3 is 0 Å². The van der Waals surface area contributed by atoms with Gasteiger partial charge in [0, 0.05) is 5.39 Å². The molecule has 0 spiro atoms. The lowest BCUT2D eigenvalue weighted by atomic mass is 9.81. The fourth-order valence-corrected chi connectivity index (χ4v) is 4.47. The smallest absolute Gasteiger partial charge is 0.252 e. The second kappa shape index (κ2) is 7.12. The molecule has 0 atom stereocenters. The van der Waals surface area contributed by atoms with Crippen molar-refractivity contribution in [3.63, 3.8) is 0 Å². The number of carbonyl (C=O) groups is 2. The predicted molar refractivity (Wildman–Crippen MR) is 108 cm³/mol. The van der Waals surface area contributed by atoms with Crippen molar-refractivity contribution in [1.82, 2.24) is 10.3 Å². The number of pyridine rings is 1. The van der Waals surface area contributed by atoms with Gasteiger partial charge in [0.25, 0.3) is 5.91 Å². The van der Waals surface area contributed by atoms with E-state index in [9.17, 15) is 9.59 Å². The van der Waals surface area contributed by atoms with Gasteiger partial charge in [-0.2, -0.15) is 0 Å². The number of carbonyl (C=O) groups excluding carboxylic acids is 2. The van der Waals surface area contributed by atoms with Gasteiger partial charge in [-0.15, -0.1) is 11.3 Å². The number of aromatic nitrogens is 1. The predicted octanol–water partition coefficient (Wildman–Crippen LogP) is 3.88. The van der Waals surface area contributed by atoms with Gasteiger partial charge in [0.2, 0.25) is 5.91 Å². The number of para-hydroxylation sites is 1. The number of fused-ring (bicyclic) bond motifs is 1. The highest BCUT2D eigenvalue weighted by Gasteiger charge is 2.39. The SMILES string of the molecule is NC(=O)C1(NC(=O)c2cc(-c3cccs3)nc3ccccc23)CCCCC1. The van der Waals surface area contributed by atoms with Gasteiger partial charge in [-0.3, -0.25) is 9.59 Å². The first kappa shape index (κ1) is 17.7. The van der Waals surface area contributed by atoms with Crippen molar-refractivity contribution < 1.29 is 9.59 Å². The number of hydrogen-bond acceptors (Lipinski definition) is 4. The number of benzene rings is 1. The molecule has 1 aromatic carbocycles. The topological polar surface area (TPSA) is 85.1 Å². The molecule has 0 aliphatic heterocycles. The van der Waals surface area contributed by atoms with E-state index in [0.717, 1.165) is 40.7 Å². The Morgan fingerprint density at radius 2 is 1.85 bits per heavy atom. The summed E-state index contributed by atoms with van der Waals surface area (Å²) >= 11 is 1.58. The third-order valence-electron chi connectivity index (χ3n) is 5.27. The monoisotopic (exact) mass is 379 g/mol. The van der Waals surface area contributed by atoms with Crippen LogP contribution in [-0.2, 0) is 4.79 Å². The van der Waals surface area contributed by atoms with E-state index in [1.54, 1.807) is 17.4 Å². The van der Waals surface area contributed by atoms with Gasteiger partial charge in [-0.25, -0.2) is 4.98 Å². The van der Waals surface area contributed by atoms with Crippen molar-refractivity contribution in [2.75, 3.05) is 0 Å². The van der Waals surface area contributed by atoms with Gasteiger partial charge in [0.15, 0.2) is 0 Å². The summed E-state index contributed by atoms with van der Waals surface area (Å²) < 4.78 is 0. The number of primary amides is 1. The fourth-order valence-electron chi connectivity index (χ4n) is 3.79. The summed E-state index contributed by atoms with van der Waals surface area (Å²) in [5.41, 5.74) is 6.76. The molecule has 27 heavy (non-hydrogen) atoms. The third-order valence-corrected chi connectivity index (χ3v) is 6.16. The molecule has 3 N–H and O–H groups in total. The molecule has 6 heteroatoms. The summed E-state index contributed by atoms with van der Waals surface area (Å²) in [6.45, 7) is 0. The molecule has 0 radical (unpaired) electrons. The Labute approximate surface area is 161 Å². The number of hydrogen-bond donors (Lipinski definition) is 2. The Hall–Kier alpha value is -2.73. The number of rotatable bonds is 4. The minimum absolute atomic E-state index is 0.271. The quantitative estimate of drug-likeness (QED) is 0.721. The van der Waals surface area contributed by atoms with E-state index in [0.29, 0.717) is 18.4 Å². The zero-order chi connectivity index (χ0) is 18.9. The molecule has 2 aromatic heterocycles. The maximum Gasteiger partial charge on any atom is 0.252 e. The Kier molecular flexibility index (Phi) is 4.66. The second-order valence-corrected chi connectivity index (χ2v) is 7.96. The van der Waals surface area contributed by atoms with Crippen molar-refractivity contribution in [1.29, 1.82) is 0 Å². The average molecular weight is 379 g/mol. The number of amides is 2. The average Bonchev–Trinajstić information content (AvgIpc) is 3.22. The molecule has 0 saturated heterocycles. The maximum atomic E-state index is 13.2. The minimum atomic E-state index is -0.956. The van der Waals surface area contributed by atoms with Gasteiger partial charge < -0.3 is 11.1 Å². The first-order chi connectivity index (χ1) is 13.1. The molecule has 138 valence electrons. The van der Waals surface area contributed by atoms with Crippen LogP contribution >= 0.6 is 11.3 Å². The molecule has 0 unspecified atom stereocenters. The number of nitrogens with two attached hydrogens (primary N) is 1.